The van der Waals surface area contributed by atoms with Crippen LogP contribution < -0.4 is 4.90 Å². The number of halogens is 3. The molecule has 0 bridgehead atoms. The molecule has 0 saturated heterocycles. The van der Waals surface area contributed by atoms with Crippen molar-refractivity contribution in [2.24, 2.45) is 5.10 Å². The van der Waals surface area contributed by atoms with Crippen molar-refractivity contribution in [3.05, 3.63) is 106 Å². The zero-order chi connectivity index (χ0) is 39.3. The molecule has 0 fully saturated rings. The highest BCUT2D eigenvalue weighted by Crippen LogP contribution is 2.44. The summed E-state index contributed by atoms with van der Waals surface area (Å²) in [7, 11) is -7.88. The molecule has 2 atom stereocenters. The fourth-order valence-electron chi connectivity index (χ4n) is 6.29. The highest BCUT2D eigenvalue weighted by molar-refractivity contribution is 7.91. The first-order valence-electron chi connectivity index (χ1n) is 16.6. The van der Waals surface area contributed by atoms with E-state index < -0.39 is 50.7 Å². The molecule has 13 nitrogen and oxygen atoms in total. The average Bonchev–Trinajstić information content (AvgIpc) is 3.48. The van der Waals surface area contributed by atoms with Gasteiger partial charge in [0.1, 0.15) is 22.7 Å². The molecule has 2 aliphatic rings. The van der Waals surface area contributed by atoms with Gasteiger partial charge in [-0.2, -0.15) is 32.1 Å². The molecule has 3 aromatic carbocycles. The van der Waals surface area contributed by atoms with Gasteiger partial charge in [-0.15, -0.1) is 5.10 Å². The van der Waals surface area contributed by atoms with Gasteiger partial charge in [0.05, 0.1) is 51.3 Å². The number of guanidine groups is 1. The summed E-state index contributed by atoms with van der Waals surface area (Å²) in [5.74, 6) is -0.293. The maximum Gasteiger partial charge on any atom is 0.416 e. The zero-order valence-electron chi connectivity index (χ0n) is 28.8. The van der Waals surface area contributed by atoms with Crippen LogP contribution in [0, 0.1) is 22.7 Å². The number of carbonyl (C=O) groups excluding carboxylic acids is 1. The molecule has 5 rings (SSSR count). The molecule has 0 aliphatic carbocycles. The van der Waals surface area contributed by atoms with Crippen LogP contribution in [-0.2, 0) is 42.1 Å². The number of benzene rings is 3. The number of unbranched alkanes of at least 4 members (excludes halogenated alkanes) is 1. The molecule has 1 N–H and O–H groups in total. The number of ether oxygens (including phenoxy) is 1. The summed E-state index contributed by atoms with van der Waals surface area (Å²) in [4.78, 5) is 14.2. The molecule has 3 aromatic rings. The van der Waals surface area contributed by atoms with Crippen molar-refractivity contribution in [1.82, 2.24) is 9.91 Å². The standard InChI is InChI=1S/C36H35F3N6O7S2/c1-25-32(24-41)33(28-13-9-27(23-40)10-14-28)45-34(44(25)30-8-4-7-29(22-30)36(37,38)39)42-43(35(45)52-19-18-46)17-5-21-53(47,48)20-3-2-6-26-11-15-31(16-12-26)54(49,50)51/h4,7-16,18,22,33,35H,2-3,5-6,17,19-21H2,1H3,(H,49,50,51). The van der Waals surface area contributed by atoms with Crippen LogP contribution in [0.4, 0.5) is 18.9 Å². The number of hydrazone groups is 1. The third-order valence-electron chi connectivity index (χ3n) is 8.87. The summed E-state index contributed by atoms with van der Waals surface area (Å²) >= 11 is 0. The highest BCUT2D eigenvalue weighted by Gasteiger charge is 2.48. The lowest BCUT2D eigenvalue weighted by Crippen LogP contribution is -2.54. The Balaban J connectivity index is 1.39. The number of nitriles is 2. The second-order valence-corrected chi connectivity index (χ2v) is 16.2. The number of hydrogen-bond donors (Lipinski definition) is 1. The Labute approximate surface area is 310 Å². The predicted octanol–water partition coefficient (Wildman–Crippen LogP) is 5.40. The van der Waals surface area contributed by atoms with E-state index in [1.54, 1.807) is 48.2 Å². The third kappa shape index (κ3) is 9.08. The minimum atomic E-state index is -4.67. The Bertz CT molecular complexity index is 2230. The molecular weight excluding hydrogens is 750 g/mol. The number of anilines is 1. The van der Waals surface area contributed by atoms with Gasteiger partial charge in [-0.25, -0.2) is 13.4 Å². The van der Waals surface area contributed by atoms with E-state index in [-0.39, 0.29) is 52.3 Å². The lowest BCUT2D eigenvalue weighted by Gasteiger charge is -2.44. The van der Waals surface area contributed by atoms with E-state index in [2.05, 4.69) is 6.07 Å². The Morgan fingerprint density at radius 3 is 2.24 bits per heavy atom. The van der Waals surface area contributed by atoms with Gasteiger partial charge < -0.3 is 9.53 Å². The van der Waals surface area contributed by atoms with Gasteiger partial charge in [0, 0.05) is 17.9 Å². The van der Waals surface area contributed by atoms with Crippen LogP contribution in [0.3, 0.4) is 0 Å². The summed E-state index contributed by atoms with van der Waals surface area (Å²) in [6.45, 7) is 1.13. The Hall–Kier alpha value is -5.27. The molecule has 0 aromatic heterocycles. The number of sulfone groups is 1. The molecule has 54 heavy (non-hydrogen) atoms. The van der Waals surface area contributed by atoms with Crippen LogP contribution >= 0.6 is 0 Å². The third-order valence-corrected chi connectivity index (χ3v) is 11.6. The molecule has 0 spiro atoms. The second-order valence-electron chi connectivity index (χ2n) is 12.5. The number of fused-ring (bicyclic) bond motifs is 1. The van der Waals surface area contributed by atoms with Crippen LogP contribution in [-0.4, -0.2) is 74.6 Å². The van der Waals surface area contributed by atoms with Gasteiger partial charge in [0.25, 0.3) is 10.1 Å². The maximum atomic E-state index is 13.8. The van der Waals surface area contributed by atoms with E-state index in [4.69, 9.17) is 14.4 Å². The van der Waals surface area contributed by atoms with Crippen molar-refractivity contribution in [2.75, 3.05) is 29.6 Å². The summed E-state index contributed by atoms with van der Waals surface area (Å²) in [6.07, 6.45) is -3.99. The molecule has 0 amide bonds. The van der Waals surface area contributed by atoms with Crippen LogP contribution in [0.1, 0.15) is 54.5 Å². The largest absolute Gasteiger partial charge is 0.416 e. The van der Waals surface area contributed by atoms with E-state index in [9.17, 15) is 45.3 Å². The first-order valence-corrected chi connectivity index (χ1v) is 19.9. The van der Waals surface area contributed by atoms with Crippen molar-refractivity contribution < 1.29 is 44.1 Å². The van der Waals surface area contributed by atoms with E-state index in [1.165, 1.54) is 34.2 Å². The van der Waals surface area contributed by atoms with Crippen LogP contribution in [0.25, 0.3) is 0 Å². The number of hydrogen-bond acceptors (Lipinski definition) is 12. The topological polar surface area (TPSA) is 184 Å². The van der Waals surface area contributed by atoms with Gasteiger partial charge >= 0.3 is 6.18 Å². The number of alkyl halides is 3. The maximum absolute atomic E-state index is 13.8. The molecular formula is C36H35F3N6O7S2. The number of aldehydes is 1. The normalized spacial score (nSPS) is 17.5. The van der Waals surface area contributed by atoms with Crippen LogP contribution in [0.2, 0.25) is 0 Å². The summed E-state index contributed by atoms with van der Waals surface area (Å²) in [6, 6.07) is 19.8. The van der Waals surface area contributed by atoms with Crippen LogP contribution in [0.15, 0.2) is 94.1 Å². The number of rotatable bonds is 15. The Morgan fingerprint density at radius 1 is 0.944 bits per heavy atom. The van der Waals surface area contributed by atoms with Gasteiger partial charge in [0.2, 0.25) is 12.3 Å². The zero-order valence-corrected chi connectivity index (χ0v) is 30.5. The lowest BCUT2D eigenvalue weighted by atomic mass is 9.93. The SMILES string of the molecule is CC1=C(C#N)C(c2ccc(C#N)cc2)N2C(=NN(CCCS(=O)(=O)CCCCc3ccc(S(=O)(=O)O)cc3)C2OCC=O)N1c1cccc(C(F)(F)F)c1. The van der Waals surface area contributed by atoms with Crippen molar-refractivity contribution >= 4 is 37.9 Å². The first-order chi connectivity index (χ1) is 25.6. The van der Waals surface area contributed by atoms with Gasteiger partial charge in [-0.3, -0.25) is 14.4 Å². The molecule has 2 heterocycles. The van der Waals surface area contributed by atoms with Crippen LogP contribution in [0.5, 0.6) is 0 Å². The number of nitrogens with zero attached hydrogens (tertiary/aromatic N) is 6. The predicted molar refractivity (Wildman–Crippen MR) is 190 cm³/mol. The number of carbonyl (C=O) groups is 1. The minimum Gasteiger partial charge on any atom is -0.332 e. The summed E-state index contributed by atoms with van der Waals surface area (Å²) in [5.41, 5.74) is 1.17. The smallest absolute Gasteiger partial charge is 0.332 e. The van der Waals surface area contributed by atoms with Crippen molar-refractivity contribution in [2.45, 2.75) is 56.1 Å². The molecule has 2 aliphatic heterocycles. The molecule has 2 unspecified atom stereocenters. The van der Waals surface area contributed by atoms with Gasteiger partial charge in [-0.1, -0.05) is 30.3 Å². The van der Waals surface area contributed by atoms with E-state index in [0.29, 0.717) is 36.7 Å². The number of aryl methyl sites for hydroxylation is 1. The van der Waals surface area contributed by atoms with Crippen molar-refractivity contribution in [1.29, 1.82) is 10.5 Å². The molecule has 18 heteroatoms. The van der Waals surface area contributed by atoms with E-state index >= 15 is 0 Å². The Morgan fingerprint density at radius 2 is 1.63 bits per heavy atom. The fraction of sp³-hybridized carbons (Fsp3) is 0.333. The molecule has 0 saturated carbocycles. The lowest BCUT2D eigenvalue weighted by molar-refractivity contribution is -0.137. The number of allylic oxidation sites excluding steroid dienone is 1. The van der Waals surface area contributed by atoms with Crippen molar-refractivity contribution in [3.8, 4) is 12.1 Å². The monoisotopic (exact) mass is 784 g/mol. The highest BCUT2D eigenvalue weighted by atomic mass is 32.2. The Kier molecular flexibility index (Phi) is 12.1. The quantitative estimate of drug-likeness (QED) is 0.118. The minimum absolute atomic E-state index is 0.0136. The van der Waals surface area contributed by atoms with E-state index in [0.717, 1.165) is 17.7 Å². The van der Waals surface area contributed by atoms with Gasteiger partial charge in [-0.05, 0) is 86.2 Å². The fourth-order valence-corrected chi connectivity index (χ4v) is 8.19. The van der Waals surface area contributed by atoms with Crippen molar-refractivity contribution in [3.63, 3.8) is 0 Å². The van der Waals surface area contributed by atoms with Gasteiger partial charge in [0.15, 0.2) is 0 Å². The second kappa shape index (κ2) is 16.4. The van der Waals surface area contributed by atoms with E-state index in [1.807, 2.05) is 6.07 Å². The summed E-state index contributed by atoms with van der Waals surface area (Å²) < 4.78 is 105. The first kappa shape index (κ1) is 39.9. The summed E-state index contributed by atoms with van der Waals surface area (Å²) in [5, 5.41) is 25.9. The average molecular weight is 785 g/mol. The molecule has 0 radical (unpaired) electrons. The molecule has 284 valence electrons.